The summed E-state index contributed by atoms with van der Waals surface area (Å²) < 4.78 is 39.2. The summed E-state index contributed by atoms with van der Waals surface area (Å²) in [6.45, 7) is 3.45. The van der Waals surface area contributed by atoms with Crippen LogP contribution in [0.5, 0.6) is 0 Å². The molecule has 1 amide bonds. The Morgan fingerprint density at radius 2 is 1.72 bits per heavy atom. The van der Waals surface area contributed by atoms with Gasteiger partial charge in [-0.2, -0.15) is 0 Å². The van der Waals surface area contributed by atoms with Crippen LogP contribution in [0.2, 0.25) is 0 Å². The number of carbonyl (C=O) groups excluding carboxylic acids is 1. The summed E-state index contributed by atoms with van der Waals surface area (Å²) in [5, 5.41) is 2.41. The van der Waals surface area contributed by atoms with E-state index in [1.54, 1.807) is 18.2 Å². The van der Waals surface area contributed by atoms with Gasteiger partial charge in [0, 0.05) is 0 Å². The molecule has 5 nitrogen and oxygen atoms in total. The van der Waals surface area contributed by atoms with Crippen LogP contribution in [0.25, 0.3) is 0 Å². The Bertz CT molecular complexity index is 866. The molecule has 25 heavy (non-hydrogen) atoms. The molecule has 0 aliphatic rings. The highest BCUT2D eigenvalue weighted by Gasteiger charge is 2.24. The maximum Gasteiger partial charge on any atom is 0.245 e. The predicted molar refractivity (Wildman–Crippen MR) is 97.8 cm³/mol. The van der Waals surface area contributed by atoms with Crippen LogP contribution in [-0.4, -0.2) is 27.1 Å². The zero-order valence-electron chi connectivity index (χ0n) is 14.4. The second-order valence-corrected chi connectivity index (χ2v) is 7.92. The largest absolute Gasteiger partial charge is 0.322 e. The van der Waals surface area contributed by atoms with Crippen molar-refractivity contribution in [3.05, 3.63) is 59.9 Å². The van der Waals surface area contributed by atoms with E-state index in [4.69, 9.17) is 0 Å². The minimum absolute atomic E-state index is 0.0121. The van der Waals surface area contributed by atoms with Crippen molar-refractivity contribution >= 4 is 27.3 Å². The number of carbonyl (C=O) groups is 1. The minimum atomic E-state index is -3.69. The van der Waals surface area contributed by atoms with E-state index in [9.17, 15) is 17.6 Å². The van der Waals surface area contributed by atoms with E-state index in [2.05, 4.69) is 5.32 Å². The Labute approximate surface area is 147 Å². The summed E-state index contributed by atoms with van der Waals surface area (Å²) in [4.78, 5) is 12.3. The van der Waals surface area contributed by atoms with Gasteiger partial charge >= 0.3 is 0 Å². The molecule has 0 saturated heterocycles. The van der Waals surface area contributed by atoms with Crippen LogP contribution in [0.1, 0.15) is 25.3 Å². The van der Waals surface area contributed by atoms with E-state index in [-0.39, 0.29) is 11.6 Å². The second-order valence-electron chi connectivity index (χ2n) is 6.01. The second kappa shape index (κ2) is 7.65. The van der Waals surface area contributed by atoms with E-state index < -0.39 is 28.3 Å². The van der Waals surface area contributed by atoms with Crippen LogP contribution in [0.3, 0.4) is 0 Å². The number of anilines is 2. The molecule has 1 N–H and O–H groups in total. The lowest BCUT2D eigenvalue weighted by molar-refractivity contribution is -0.114. The molecule has 0 aromatic heterocycles. The molecule has 2 rings (SSSR count). The number of amides is 1. The minimum Gasteiger partial charge on any atom is -0.322 e. The topological polar surface area (TPSA) is 66.5 Å². The van der Waals surface area contributed by atoms with Gasteiger partial charge in [-0.1, -0.05) is 44.2 Å². The third-order valence-corrected chi connectivity index (χ3v) is 4.79. The van der Waals surface area contributed by atoms with E-state index in [0.29, 0.717) is 5.69 Å². The van der Waals surface area contributed by atoms with Gasteiger partial charge in [0.1, 0.15) is 12.4 Å². The van der Waals surface area contributed by atoms with E-state index in [1.165, 1.54) is 18.2 Å². The van der Waals surface area contributed by atoms with Gasteiger partial charge in [0.2, 0.25) is 15.9 Å². The van der Waals surface area contributed by atoms with Crippen molar-refractivity contribution in [2.45, 2.75) is 19.8 Å². The summed E-state index contributed by atoms with van der Waals surface area (Å²) in [5.74, 6) is -1.12. The van der Waals surface area contributed by atoms with Gasteiger partial charge < -0.3 is 5.32 Å². The highest BCUT2D eigenvalue weighted by Crippen LogP contribution is 2.29. The average Bonchev–Trinajstić information content (AvgIpc) is 2.54. The number of benzene rings is 2. The molecule has 134 valence electrons. The molecule has 0 aliphatic carbocycles. The monoisotopic (exact) mass is 364 g/mol. The van der Waals surface area contributed by atoms with Crippen LogP contribution < -0.4 is 9.62 Å². The summed E-state index contributed by atoms with van der Waals surface area (Å²) in [6, 6.07) is 12.7. The van der Waals surface area contributed by atoms with Crippen LogP contribution in [0, 0.1) is 5.82 Å². The molecular weight excluding hydrogens is 343 g/mol. The van der Waals surface area contributed by atoms with Gasteiger partial charge in [-0.05, 0) is 29.7 Å². The number of nitrogens with one attached hydrogen (secondary N) is 1. The van der Waals surface area contributed by atoms with Gasteiger partial charge in [-0.15, -0.1) is 0 Å². The number of hydrogen-bond donors (Lipinski definition) is 1. The first kappa shape index (κ1) is 18.9. The van der Waals surface area contributed by atoms with Gasteiger partial charge in [0.15, 0.2) is 0 Å². The molecule has 0 spiro atoms. The zero-order valence-corrected chi connectivity index (χ0v) is 15.2. The molecule has 7 heteroatoms. The van der Waals surface area contributed by atoms with Crippen LogP contribution >= 0.6 is 0 Å². The van der Waals surface area contributed by atoms with E-state index in [0.717, 1.165) is 16.1 Å². The third kappa shape index (κ3) is 4.79. The Hall–Kier alpha value is -2.41. The van der Waals surface area contributed by atoms with Crippen molar-refractivity contribution in [3.63, 3.8) is 0 Å². The van der Waals surface area contributed by atoms with Gasteiger partial charge in [0.25, 0.3) is 0 Å². The van der Waals surface area contributed by atoms with Crippen LogP contribution in [-0.2, 0) is 14.8 Å². The van der Waals surface area contributed by atoms with Crippen LogP contribution in [0.4, 0.5) is 15.8 Å². The molecule has 0 aliphatic heterocycles. The highest BCUT2D eigenvalue weighted by molar-refractivity contribution is 7.92. The van der Waals surface area contributed by atoms with Gasteiger partial charge in [-0.25, -0.2) is 12.8 Å². The molecule has 0 unspecified atom stereocenters. The standard InChI is InChI=1S/C18H21FN2O3S/c1-13(2)14-8-4-7-11-17(14)21(25(3,23)24)12-18(22)20-16-10-6-5-9-15(16)19/h4-11,13H,12H2,1-3H3,(H,20,22). The quantitative estimate of drug-likeness (QED) is 0.855. The Kier molecular flexibility index (Phi) is 5.79. The van der Waals surface area contributed by atoms with Gasteiger partial charge in [0.05, 0.1) is 17.6 Å². The first-order valence-corrected chi connectivity index (χ1v) is 9.66. The summed E-state index contributed by atoms with van der Waals surface area (Å²) >= 11 is 0. The van der Waals surface area contributed by atoms with Crippen molar-refractivity contribution in [1.29, 1.82) is 0 Å². The van der Waals surface area contributed by atoms with Gasteiger partial charge in [-0.3, -0.25) is 9.10 Å². The molecule has 0 heterocycles. The molecule has 0 radical (unpaired) electrons. The maximum atomic E-state index is 13.7. The van der Waals surface area contributed by atoms with Crippen molar-refractivity contribution in [2.75, 3.05) is 22.4 Å². The van der Waals surface area contributed by atoms with E-state index >= 15 is 0 Å². The van der Waals surface area contributed by atoms with Crippen molar-refractivity contribution in [2.24, 2.45) is 0 Å². The fraction of sp³-hybridized carbons (Fsp3) is 0.278. The smallest absolute Gasteiger partial charge is 0.245 e. The fourth-order valence-electron chi connectivity index (χ4n) is 2.47. The lowest BCUT2D eigenvalue weighted by Crippen LogP contribution is -2.38. The number of nitrogens with zero attached hydrogens (tertiary/aromatic N) is 1. The summed E-state index contributed by atoms with van der Waals surface area (Å²) in [6.07, 6.45) is 1.04. The fourth-order valence-corrected chi connectivity index (χ4v) is 3.34. The first-order chi connectivity index (χ1) is 11.7. The normalized spacial score (nSPS) is 11.4. The molecular formula is C18H21FN2O3S. The lowest BCUT2D eigenvalue weighted by Gasteiger charge is -2.25. The number of halogens is 1. The Morgan fingerprint density at radius 1 is 1.12 bits per heavy atom. The van der Waals surface area contributed by atoms with E-state index in [1.807, 2.05) is 26.0 Å². The number of hydrogen-bond acceptors (Lipinski definition) is 3. The molecule has 2 aromatic carbocycles. The summed E-state index contributed by atoms with van der Waals surface area (Å²) in [5.41, 5.74) is 1.27. The lowest BCUT2D eigenvalue weighted by atomic mass is 10.0. The Morgan fingerprint density at radius 3 is 2.32 bits per heavy atom. The predicted octanol–water partition coefficient (Wildman–Crippen LogP) is 3.35. The molecule has 0 saturated carbocycles. The number of sulfonamides is 1. The SMILES string of the molecule is CC(C)c1ccccc1N(CC(=O)Nc1ccccc1F)S(C)(=O)=O. The summed E-state index contributed by atoms with van der Waals surface area (Å²) in [7, 11) is -3.69. The molecule has 0 bridgehead atoms. The molecule has 0 fully saturated rings. The highest BCUT2D eigenvalue weighted by atomic mass is 32.2. The van der Waals surface area contributed by atoms with Crippen molar-refractivity contribution < 1.29 is 17.6 Å². The number of para-hydroxylation sites is 2. The van der Waals surface area contributed by atoms with Crippen LogP contribution in [0.15, 0.2) is 48.5 Å². The first-order valence-electron chi connectivity index (χ1n) is 7.81. The number of rotatable bonds is 6. The molecule has 2 aromatic rings. The third-order valence-electron chi connectivity index (χ3n) is 3.66. The van der Waals surface area contributed by atoms with Crippen molar-refractivity contribution in [1.82, 2.24) is 0 Å². The molecule has 0 atom stereocenters. The average molecular weight is 364 g/mol. The zero-order chi connectivity index (χ0) is 18.6. The Balaban J connectivity index is 2.31. The maximum absolute atomic E-state index is 13.7. The van der Waals surface area contributed by atoms with Crippen molar-refractivity contribution in [3.8, 4) is 0 Å².